The Kier molecular flexibility index (Phi) is 5.92. The van der Waals surface area contributed by atoms with Crippen molar-refractivity contribution < 1.29 is 9.15 Å². The fraction of sp³-hybridized carbons (Fsp3) is 0.333. The number of benzene rings is 1. The summed E-state index contributed by atoms with van der Waals surface area (Å²) in [5.41, 5.74) is 0.917. The first-order valence-corrected chi connectivity index (χ1v) is 7.29. The SMILES string of the molecule is CCOCCNCc1ccc(-c2ccc(Cl)c(Cl)c2)o1. The lowest BCUT2D eigenvalue weighted by atomic mass is 10.2. The second kappa shape index (κ2) is 7.70. The minimum absolute atomic E-state index is 0.525. The summed E-state index contributed by atoms with van der Waals surface area (Å²) in [4.78, 5) is 0. The Labute approximate surface area is 128 Å². The van der Waals surface area contributed by atoms with Crippen LogP contribution >= 0.6 is 23.2 Å². The summed E-state index contributed by atoms with van der Waals surface area (Å²) in [5, 5.41) is 4.32. The van der Waals surface area contributed by atoms with E-state index in [2.05, 4.69) is 5.32 Å². The molecule has 5 heteroatoms. The molecular weight excluding hydrogens is 297 g/mol. The molecule has 0 saturated heterocycles. The van der Waals surface area contributed by atoms with Crippen molar-refractivity contribution in [1.82, 2.24) is 5.32 Å². The molecule has 1 N–H and O–H groups in total. The highest BCUT2D eigenvalue weighted by molar-refractivity contribution is 6.42. The Morgan fingerprint density at radius 2 is 2.00 bits per heavy atom. The van der Waals surface area contributed by atoms with Crippen LogP contribution in [0.15, 0.2) is 34.7 Å². The second-order valence-corrected chi connectivity index (χ2v) is 5.08. The van der Waals surface area contributed by atoms with Gasteiger partial charge in [0.05, 0.1) is 23.2 Å². The van der Waals surface area contributed by atoms with Crippen molar-refractivity contribution >= 4 is 23.2 Å². The summed E-state index contributed by atoms with van der Waals surface area (Å²) in [5.74, 6) is 1.66. The summed E-state index contributed by atoms with van der Waals surface area (Å²) in [7, 11) is 0. The number of rotatable bonds is 7. The average Bonchev–Trinajstić information content (AvgIpc) is 2.90. The number of hydrogen-bond donors (Lipinski definition) is 1. The predicted octanol–water partition coefficient (Wildman–Crippen LogP) is 4.38. The molecule has 2 rings (SSSR count). The third-order valence-electron chi connectivity index (χ3n) is 2.79. The first-order valence-electron chi connectivity index (χ1n) is 6.53. The number of furan rings is 1. The van der Waals surface area contributed by atoms with E-state index in [1.807, 2.05) is 25.1 Å². The Hall–Kier alpha value is -1.00. The van der Waals surface area contributed by atoms with E-state index >= 15 is 0 Å². The summed E-state index contributed by atoms with van der Waals surface area (Å²) >= 11 is 11.9. The van der Waals surface area contributed by atoms with Gasteiger partial charge in [0.25, 0.3) is 0 Å². The molecule has 1 aromatic heterocycles. The predicted molar refractivity (Wildman–Crippen MR) is 82.4 cm³/mol. The van der Waals surface area contributed by atoms with Gasteiger partial charge >= 0.3 is 0 Å². The molecule has 0 amide bonds. The largest absolute Gasteiger partial charge is 0.460 e. The van der Waals surface area contributed by atoms with Crippen molar-refractivity contribution in [1.29, 1.82) is 0 Å². The highest BCUT2D eigenvalue weighted by Gasteiger charge is 2.06. The van der Waals surface area contributed by atoms with Gasteiger partial charge in [-0.15, -0.1) is 0 Å². The van der Waals surface area contributed by atoms with E-state index in [4.69, 9.17) is 32.4 Å². The lowest BCUT2D eigenvalue weighted by molar-refractivity contribution is 0.148. The molecule has 0 aliphatic heterocycles. The fourth-order valence-electron chi connectivity index (χ4n) is 1.78. The molecule has 108 valence electrons. The van der Waals surface area contributed by atoms with Gasteiger partial charge in [-0.05, 0) is 37.3 Å². The molecule has 20 heavy (non-hydrogen) atoms. The molecular formula is C15H17Cl2NO2. The maximum Gasteiger partial charge on any atom is 0.134 e. The van der Waals surface area contributed by atoms with Crippen molar-refractivity contribution in [3.8, 4) is 11.3 Å². The zero-order chi connectivity index (χ0) is 14.4. The second-order valence-electron chi connectivity index (χ2n) is 4.27. The summed E-state index contributed by atoms with van der Waals surface area (Å²) in [6.45, 7) is 4.90. The topological polar surface area (TPSA) is 34.4 Å². The summed E-state index contributed by atoms with van der Waals surface area (Å²) < 4.78 is 11.0. The Morgan fingerprint density at radius 1 is 1.15 bits per heavy atom. The zero-order valence-electron chi connectivity index (χ0n) is 11.3. The average molecular weight is 314 g/mol. The molecule has 0 unspecified atom stereocenters. The van der Waals surface area contributed by atoms with Crippen LogP contribution in [0.3, 0.4) is 0 Å². The quantitative estimate of drug-likeness (QED) is 0.770. The number of ether oxygens (including phenoxy) is 1. The highest BCUT2D eigenvalue weighted by Crippen LogP contribution is 2.29. The summed E-state index contributed by atoms with van der Waals surface area (Å²) in [6, 6.07) is 9.33. The van der Waals surface area contributed by atoms with Gasteiger partial charge in [0.15, 0.2) is 0 Å². The monoisotopic (exact) mass is 313 g/mol. The molecule has 0 radical (unpaired) electrons. The van der Waals surface area contributed by atoms with Crippen LogP contribution < -0.4 is 5.32 Å². The van der Waals surface area contributed by atoms with Gasteiger partial charge in [-0.1, -0.05) is 23.2 Å². The molecule has 0 aliphatic carbocycles. The van der Waals surface area contributed by atoms with Crippen LogP contribution in [0.4, 0.5) is 0 Å². The first kappa shape index (κ1) is 15.4. The standard InChI is InChI=1S/C15H17Cl2NO2/c1-2-19-8-7-18-10-12-4-6-15(20-12)11-3-5-13(16)14(17)9-11/h3-6,9,18H,2,7-8,10H2,1H3. The normalized spacial score (nSPS) is 10.9. The maximum atomic E-state index is 6.00. The third-order valence-corrected chi connectivity index (χ3v) is 3.53. The molecule has 0 spiro atoms. The van der Waals surface area contributed by atoms with Crippen LogP contribution in [-0.4, -0.2) is 19.8 Å². The number of nitrogens with one attached hydrogen (secondary N) is 1. The van der Waals surface area contributed by atoms with Gasteiger partial charge in [0.1, 0.15) is 11.5 Å². The summed E-state index contributed by atoms with van der Waals surface area (Å²) in [6.07, 6.45) is 0. The van der Waals surface area contributed by atoms with Gasteiger partial charge < -0.3 is 14.5 Å². The zero-order valence-corrected chi connectivity index (χ0v) is 12.8. The van der Waals surface area contributed by atoms with E-state index in [0.29, 0.717) is 23.2 Å². The van der Waals surface area contributed by atoms with Gasteiger partial charge in [0, 0.05) is 18.7 Å². The van der Waals surface area contributed by atoms with Crippen LogP contribution in [0.25, 0.3) is 11.3 Å². The van der Waals surface area contributed by atoms with Crippen molar-refractivity contribution in [2.45, 2.75) is 13.5 Å². The maximum absolute atomic E-state index is 6.00. The van der Waals surface area contributed by atoms with E-state index in [1.54, 1.807) is 12.1 Å². The van der Waals surface area contributed by atoms with Crippen molar-refractivity contribution in [3.05, 3.63) is 46.1 Å². The van der Waals surface area contributed by atoms with Crippen LogP contribution in [0.2, 0.25) is 10.0 Å². The van der Waals surface area contributed by atoms with Crippen LogP contribution in [0, 0.1) is 0 Å². The molecule has 0 aliphatic rings. The van der Waals surface area contributed by atoms with E-state index in [1.165, 1.54) is 0 Å². The van der Waals surface area contributed by atoms with Crippen molar-refractivity contribution in [3.63, 3.8) is 0 Å². The van der Waals surface area contributed by atoms with Gasteiger partial charge in [0.2, 0.25) is 0 Å². The van der Waals surface area contributed by atoms with Gasteiger partial charge in [-0.3, -0.25) is 0 Å². The van der Waals surface area contributed by atoms with Crippen molar-refractivity contribution in [2.75, 3.05) is 19.8 Å². The van der Waals surface area contributed by atoms with Gasteiger partial charge in [-0.2, -0.15) is 0 Å². The van der Waals surface area contributed by atoms with E-state index < -0.39 is 0 Å². The molecule has 1 heterocycles. The number of hydrogen-bond acceptors (Lipinski definition) is 3. The molecule has 0 fully saturated rings. The lowest BCUT2D eigenvalue weighted by Gasteiger charge is -2.03. The molecule has 0 atom stereocenters. The first-order chi connectivity index (χ1) is 9.70. The fourth-order valence-corrected chi connectivity index (χ4v) is 2.08. The molecule has 2 aromatic rings. The Bertz CT molecular complexity index is 555. The van der Waals surface area contributed by atoms with E-state index in [0.717, 1.165) is 30.2 Å². The Morgan fingerprint density at radius 3 is 2.75 bits per heavy atom. The van der Waals surface area contributed by atoms with Gasteiger partial charge in [-0.25, -0.2) is 0 Å². The van der Waals surface area contributed by atoms with E-state index in [9.17, 15) is 0 Å². The van der Waals surface area contributed by atoms with Crippen molar-refractivity contribution in [2.24, 2.45) is 0 Å². The number of halogens is 2. The van der Waals surface area contributed by atoms with Crippen LogP contribution in [0.5, 0.6) is 0 Å². The third kappa shape index (κ3) is 4.25. The molecule has 0 saturated carbocycles. The molecule has 0 bridgehead atoms. The minimum atomic E-state index is 0.525. The van der Waals surface area contributed by atoms with E-state index in [-0.39, 0.29) is 0 Å². The molecule has 3 nitrogen and oxygen atoms in total. The van der Waals surface area contributed by atoms with Crippen LogP contribution in [-0.2, 0) is 11.3 Å². The van der Waals surface area contributed by atoms with Crippen LogP contribution in [0.1, 0.15) is 12.7 Å². The Balaban J connectivity index is 1.93. The smallest absolute Gasteiger partial charge is 0.134 e. The lowest BCUT2D eigenvalue weighted by Crippen LogP contribution is -2.18. The molecule has 1 aromatic carbocycles. The minimum Gasteiger partial charge on any atom is -0.460 e. The highest BCUT2D eigenvalue weighted by atomic mass is 35.5.